The predicted molar refractivity (Wildman–Crippen MR) is 96.7 cm³/mol. The average Bonchev–Trinajstić information content (AvgIpc) is 2.66. The molecule has 1 aromatic carbocycles. The van der Waals surface area contributed by atoms with E-state index in [0.717, 1.165) is 19.3 Å². The Kier molecular flexibility index (Phi) is 5.68. The second kappa shape index (κ2) is 8.14. The molecule has 3 rings (SSSR count). The molecular formula is C19H23N3O4. The summed E-state index contributed by atoms with van der Waals surface area (Å²) < 4.78 is 11.4. The molecule has 2 N–H and O–H groups in total. The normalized spacial score (nSPS) is 19.8. The van der Waals surface area contributed by atoms with E-state index in [1.165, 1.54) is 24.6 Å². The van der Waals surface area contributed by atoms with E-state index in [-0.39, 0.29) is 23.7 Å². The van der Waals surface area contributed by atoms with Crippen molar-refractivity contribution in [1.82, 2.24) is 9.97 Å². The van der Waals surface area contributed by atoms with Crippen LogP contribution in [0, 0.1) is 6.92 Å². The minimum atomic E-state index is -1.15. The van der Waals surface area contributed by atoms with E-state index in [1.807, 2.05) is 0 Å². The predicted octanol–water partition coefficient (Wildman–Crippen LogP) is 3.21. The Morgan fingerprint density at radius 2 is 2.08 bits per heavy atom. The number of aromatic nitrogens is 2. The second-order valence-corrected chi connectivity index (χ2v) is 6.38. The van der Waals surface area contributed by atoms with Crippen molar-refractivity contribution >= 4 is 11.8 Å². The quantitative estimate of drug-likeness (QED) is 0.820. The largest absolute Gasteiger partial charge is 0.491 e. The van der Waals surface area contributed by atoms with E-state index >= 15 is 0 Å². The molecule has 2 atom stereocenters. The summed E-state index contributed by atoms with van der Waals surface area (Å²) in [6.45, 7) is 2.59. The number of rotatable bonds is 6. The van der Waals surface area contributed by atoms with Crippen molar-refractivity contribution in [2.45, 2.75) is 38.4 Å². The highest BCUT2D eigenvalue weighted by Gasteiger charge is 2.25. The highest BCUT2D eigenvalue weighted by molar-refractivity contribution is 5.90. The number of anilines is 1. The van der Waals surface area contributed by atoms with Gasteiger partial charge in [-0.3, -0.25) is 0 Å². The molecule has 1 fully saturated rings. The molecule has 0 bridgehead atoms. The van der Waals surface area contributed by atoms with Crippen LogP contribution < -0.4 is 10.1 Å². The molecule has 0 amide bonds. The van der Waals surface area contributed by atoms with Gasteiger partial charge in [0.25, 0.3) is 0 Å². The first-order valence-corrected chi connectivity index (χ1v) is 8.66. The Labute approximate surface area is 152 Å². The first-order valence-electron chi connectivity index (χ1n) is 8.66. The maximum atomic E-state index is 11.2. The number of benzene rings is 1. The van der Waals surface area contributed by atoms with Crippen molar-refractivity contribution in [2.75, 3.05) is 19.0 Å². The molecule has 138 valence electrons. The Hall–Kier alpha value is -2.67. The third-order valence-electron chi connectivity index (χ3n) is 4.51. The second-order valence-electron chi connectivity index (χ2n) is 6.38. The Morgan fingerprint density at radius 3 is 2.77 bits per heavy atom. The smallest absolute Gasteiger partial charge is 0.358 e. The number of hydrogen-bond acceptors (Lipinski definition) is 6. The lowest BCUT2D eigenvalue weighted by atomic mass is 9.97. The molecule has 1 aliphatic rings. The third kappa shape index (κ3) is 4.11. The monoisotopic (exact) mass is 357 g/mol. The van der Waals surface area contributed by atoms with Gasteiger partial charge in [-0.05, 0) is 31.7 Å². The average molecular weight is 357 g/mol. The first kappa shape index (κ1) is 18.1. The molecule has 0 spiro atoms. The van der Waals surface area contributed by atoms with Gasteiger partial charge in [-0.1, -0.05) is 29.8 Å². The summed E-state index contributed by atoms with van der Waals surface area (Å²) in [5.74, 6) is -0.660. The minimum Gasteiger partial charge on any atom is -0.491 e. The Morgan fingerprint density at radius 1 is 1.31 bits per heavy atom. The molecule has 26 heavy (non-hydrogen) atoms. The lowest BCUT2D eigenvalue weighted by Gasteiger charge is -2.31. The van der Waals surface area contributed by atoms with Gasteiger partial charge in [-0.25, -0.2) is 14.8 Å². The zero-order valence-corrected chi connectivity index (χ0v) is 14.9. The summed E-state index contributed by atoms with van der Waals surface area (Å²) in [5.41, 5.74) is 2.26. The third-order valence-corrected chi connectivity index (χ3v) is 4.51. The minimum absolute atomic E-state index is 0.0167. The standard InChI is InChI=1S/C19H23N3O4/c1-12-6-8-13(9-7-12)15-5-3-4-14(26-15)10-20-18-17(25-2)16(19(23)24)21-11-22-18/h6-9,11,14-15H,3-5,10H2,1-2H3,(H,23,24)(H,20,21,22)/t14-,15+/m1/s1. The van der Waals surface area contributed by atoms with Gasteiger partial charge in [0.2, 0.25) is 0 Å². The van der Waals surface area contributed by atoms with Crippen LogP contribution in [0.1, 0.15) is 47.0 Å². The number of nitrogens with one attached hydrogen (secondary N) is 1. The van der Waals surface area contributed by atoms with Gasteiger partial charge in [0, 0.05) is 6.54 Å². The summed E-state index contributed by atoms with van der Waals surface area (Å²) in [5, 5.41) is 12.3. The van der Waals surface area contributed by atoms with E-state index < -0.39 is 5.97 Å². The van der Waals surface area contributed by atoms with E-state index in [9.17, 15) is 9.90 Å². The van der Waals surface area contributed by atoms with Crippen LogP contribution in [0.3, 0.4) is 0 Å². The molecular weight excluding hydrogens is 334 g/mol. The molecule has 7 nitrogen and oxygen atoms in total. The summed E-state index contributed by atoms with van der Waals surface area (Å²) in [6, 6.07) is 8.42. The number of carboxylic acids is 1. The molecule has 1 aliphatic heterocycles. The molecule has 2 heterocycles. The maximum absolute atomic E-state index is 11.2. The van der Waals surface area contributed by atoms with E-state index in [2.05, 4.69) is 46.5 Å². The number of aryl methyl sites for hydroxylation is 1. The number of methoxy groups -OCH3 is 1. The van der Waals surface area contributed by atoms with Crippen LogP contribution in [0.4, 0.5) is 5.82 Å². The molecule has 0 aliphatic carbocycles. The number of carbonyl (C=O) groups is 1. The van der Waals surface area contributed by atoms with Crippen LogP contribution in [0.15, 0.2) is 30.6 Å². The molecule has 0 radical (unpaired) electrons. The number of hydrogen-bond donors (Lipinski definition) is 2. The van der Waals surface area contributed by atoms with Gasteiger partial charge >= 0.3 is 5.97 Å². The Bertz CT molecular complexity index is 764. The van der Waals surface area contributed by atoms with Crippen molar-refractivity contribution in [2.24, 2.45) is 0 Å². The van der Waals surface area contributed by atoms with Crippen LogP contribution in [-0.4, -0.2) is 40.8 Å². The highest BCUT2D eigenvalue weighted by atomic mass is 16.5. The first-order chi connectivity index (χ1) is 12.6. The number of nitrogens with zero attached hydrogens (tertiary/aromatic N) is 2. The molecule has 2 aromatic rings. The molecule has 0 unspecified atom stereocenters. The van der Waals surface area contributed by atoms with E-state index in [1.54, 1.807) is 0 Å². The van der Waals surface area contributed by atoms with Gasteiger partial charge in [-0.2, -0.15) is 0 Å². The SMILES string of the molecule is COc1c(NC[C@H]2CCC[C@@H](c3ccc(C)cc3)O2)ncnc1C(=O)O. The van der Waals surface area contributed by atoms with Crippen molar-refractivity contribution in [3.63, 3.8) is 0 Å². The van der Waals surface area contributed by atoms with Gasteiger partial charge in [-0.15, -0.1) is 0 Å². The van der Waals surface area contributed by atoms with Gasteiger partial charge in [0.1, 0.15) is 6.33 Å². The summed E-state index contributed by atoms with van der Waals surface area (Å²) in [6.07, 6.45) is 4.33. The fourth-order valence-electron chi connectivity index (χ4n) is 3.13. The van der Waals surface area contributed by atoms with E-state index in [0.29, 0.717) is 12.4 Å². The molecule has 1 aromatic heterocycles. The summed E-state index contributed by atoms with van der Waals surface area (Å²) in [4.78, 5) is 19.1. The van der Waals surface area contributed by atoms with Crippen LogP contribution in [-0.2, 0) is 4.74 Å². The van der Waals surface area contributed by atoms with Gasteiger partial charge in [0.15, 0.2) is 17.3 Å². The van der Waals surface area contributed by atoms with Crippen LogP contribution in [0.2, 0.25) is 0 Å². The zero-order chi connectivity index (χ0) is 18.5. The Balaban J connectivity index is 1.65. The molecule has 0 saturated carbocycles. The molecule has 7 heteroatoms. The zero-order valence-electron chi connectivity index (χ0n) is 14.9. The maximum Gasteiger partial charge on any atom is 0.358 e. The lowest BCUT2D eigenvalue weighted by molar-refractivity contribution is -0.0442. The van der Waals surface area contributed by atoms with Crippen molar-refractivity contribution in [3.8, 4) is 5.75 Å². The number of aromatic carboxylic acids is 1. The van der Waals surface area contributed by atoms with Gasteiger partial charge < -0.3 is 19.9 Å². The van der Waals surface area contributed by atoms with Crippen molar-refractivity contribution < 1.29 is 19.4 Å². The van der Waals surface area contributed by atoms with Crippen LogP contribution in [0.5, 0.6) is 5.75 Å². The lowest BCUT2D eigenvalue weighted by Crippen LogP contribution is -2.29. The van der Waals surface area contributed by atoms with Crippen molar-refractivity contribution in [1.29, 1.82) is 0 Å². The summed E-state index contributed by atoms with van der Waals surface area (Å²) in [7, 11) is 1.40. The van der Waals surface area contributed by atoms with Gasteiger partial charge in [0.05, 0.1) is 19.3 Å². The highest BCUT2D eigenvalue weighted by Crippen LogP contribution is 2.32. The van der Waals surface area contributed by atoms with Crippen molar-refractivity contribution in [3.05, 3.63) is 47.4 Å². The van der Waals surface area contributed by atoms with Crippen LogP contribution >= 0.6 is 0 Å². The van der Waals surface area contributed by atoms with Crippen LogP contribution in [0.25, 0.3) is 0 Å². The fourth-order valence-corrected chi connectivity index (χ4v) is 3.13. The number of carboxylic acid groups (broad SMARTS) is 1. The molecule has 1 saturated heterocycles. The topological polar surface area (TPSA) is 93.6 Å². The fraction of sp³-hybridized carbons (Fsp3) is 0.421. The summed E-state index contributed by atoms with van der Waals surface area (Å²) >= 11 is 0. The number of ether oxygens (including phenoxy) is 2. The van der Waals surface area contributed by atoms with E-state index in [4.69, 9.17) is 9.47 Å².